The van der Waals surface area contributed by atoms with Crippen molar-refractivity contribution < 1.29 is 9.21 Å². The van der Waals surface area contributed by atoms with E-state index in [2.05, 4.69) is 26.1 Å². The van der Waals surface area contributed by atoms with Crippen molar-refractivity contribution in [2.24, 2.45) is 10.8 Å². The Kier molecular flexibility index (Phi) is 8.06. The molecule has 12 heteroatoms. The average molecular weight is 505 g/mol. The number of aryl methyl sites for hydroxylation is 1. The van der Waals surface area contributed by atoms with Crippen LogP contribution in [0.5, 0.6) is 0 Å². The molecule has 164 valence electrons. The minimum atomic E-state index is -0.463. The number of benzene rings is 1. The van der Waals surface area contributed by atoms with Crippen LogP contribution in [0.4, 0.5) is 5.13 Å². The number of furan rings is 1. The number of hydrazone groups is 1. The molecule has 8 nitrogen and oxygen atoms in total. The Morgan fingerprint density at radius 2 is 2.03 bits per heavy atom. The number of nitrogens with zero attached hydrogens (tertiary/aromatic N) is 2. The van der Waals surface area contributed by atoms with Crippen LogP contribution in [-0.4, -0.2) is 26.8 Å². The van der Waals surface area contributed by atoms with E-state index in [1.165, 1.54) is 23.7 Å². The highest BCUT2D eigenvalue weighted by Gasteiger charge is 2.15. The Bertz CT molecular complexity index is 1190. The molecule has 0 fully saturated rings. The molecule has 0 aliphatic carbocycles. The maximum absolute atomic E-state index is 12.1. The van der Waals surface area contributed by atoms with Crippen molar-refractivity contribution in [3.05, 3.63) is 75.7 Å². The van der Waals surface area contributed by atoms with Crippen molar-refractivity contribution >= 4 is 80.4 Å². The van der Waals surface area contributed by atoms with Gasteiger partial charge in [-0.25, -0.2) is 4.98 Å². The zero-order chi connectivity index (χ0) is 23.1. The van der Waals surface area contributed by atoms with Crippen LogP contribution in [0.1, 0.15) is 26.7 Å². The van der Waals surface area contributed by atoms with Gasteiger partial charge >= 0.3 is 0 Å². The van der Waals surface area contributed by atoms with E-state index in [0.29, 0.717) is 21.6 Å². The molecular weight excluding hydrogens is 488 g/mol. The maximum Gasteiger partial charge on any atom is 0.293 e. The molecule has 3 rings (SSSR count). The molecule has 1 aromatic carbocycles. The lowest BCUT2D eigenvalue weighted by molar-refractivity contribution is 0.0950. The maximum atomic E-state index is 12.1. The lowest BCUT2D eigenvalue weighted by Crippen LogP contribution is -2.33. The number of thiazole rings is 1. The molecule has 3 aromatic rings. The highest BCUT2D eigenvalue weighted by molar-refractivity contribution is 7.80. The van der Waals surface area contributed by atoms with E-state index < -0.39 is 5.91 Å². The summed E-state index contributed by atoms with van der Waals surface area (Å²) < 4.78 is 5.05. The number of carbonyl (C=O) groups excluding carboxylic acids is 1. The van der Waals surface area contributed by atoms with Crippen LogP contribution < -0.4 is 21.8 Å². The molecule has 0 unspecified atom stereocenters. The number of halogens is 1. The van der Waals surface area contributed by atoms with Crippen LogP contribution in [0.15, 0.2) is 58.3 Å². The number of amides is 1. The summed E-state index contributed by atoms with van der Waals surface area (Å²) in [5, 5.41) is 11.0. The van der Waals surface area contributed by atoms with Gasteiger partial charge in [0.25, 0.3) is 5.91 Å². The first-order chi connectivity index (χ1) is 15.3. The minimum absolute atomic E-state index is 0.0322. The van der Waals surface area contributed by atoms with Gasteiger partial charge in [-0.1, -0.05) is 41.1 Å². The fourth-order valence-electron chi connectivity index (χ4n) is 2.42. The first kappa shape index (κ1) is 23.5. The Labute approximate surface area is 203 Å². The first-order valence-corrected chi connectivity index (χ1v) is 11.0. The van der Waals surface area contributed by atoms with Crippen LogP contribution >= 0.6 is 47.4 Å². The number of hydrogen-bond donors (Lipinski definition) is 4. The lowest BCUT2D eigenvalue weighted by atomic mass is 10.1. The second-order valence-electron chi connectivity index (χ2n) is 6.18. The average Bonchev–Trinajstić information content (AvgIpc) is 3.39. The van der Waals surface area contributed by atoms with E-state index >= 15 is 0 Å². The molecule has 2 aromatic heterocycles. The number of nitrogens with one attached hydrogen (secondary N) is 3. The van der Waals surface area contributed by atoms with Crippen molar-refractivity contribution in [1.82, 2.24) is 15.7 Å². The van der Waals surface area contributed by atoms with Gasteiger partial charge in [-0.2, -0.15) is 5.10 Å². The van der Waals surface area contributed by atoms with Crippen molar-refractivity contribution in [1.29, 1.82) is 0 Å². The van der Waals surface area contributed by atoms with Gasteiger partial charge < -0.3 is 15.5 Å². The fraction of sp³-hybridized carbons (Fsp3) is 0.0500. The second-order valence-corrected chi connectivity index (χ2v) is 8.46. The van der Waals surface area contributed by atoms with Gasteiger partial charge in [0.15, 0.2) is 21.1 Å². The third-order valence-corrected chi connectivity index (χ3v) is 5.45. The number of rotatable bonds is 6. The van der Waals surface area contributed by atoms with Gasteiger partial charge in [-0.15, -0.1) is 0 Å². The Balaban J connectivity index is 1.77. The zero-order valence-electron chi connectivity index (χ0n) is 16.6. The van der Waals surface area contributed by atoms with E-state index in [1.54, 1.807) is 24.3 Å². The smallest absolute Gasteiger partial charge is 0.293 e. The predicted octanol–water partition coefficient (Wildman–Crippen LogP) is 4.08. The van der Waals surface area contributed by atoms with Crippen molar-refractivity contribution in [2.45, 2.75) is 6.92 Å². The molecule has 32 heavy (non-hydrogen) atoms. The number of hydrogen-bond acceptors (Lipinski definition) is 7. The number of thiocarbonyl (C=S) groups is 2. The molecule has 0 atom stereocenters. The fourth-order valence-corrected chi connectivity index (χ4v) is 3.78. The van der Waals surface area contributed by atoms with Crippen LogP contribution in [0.25, 0.3) is 6.08 Å². The third-order valence-electron chi connectivity index (χ3n) is 3.81. The van der Waals surface area contributed by atoms with Crippen molar-refractivity contribution in [3.63, 3.8) is 0 Å². The number of nitrogens with two attached hydrogens (primary N) is 1. The van der Waals surface area contributed by atoms with Gasteiger partial charge in [0, 0.05) is 5.02 Å². The van der Waals surface area contributed by atoms with Crippen LogP contribution in [0.2, 0.25) is 5.02 Å². The Morgan fingerprint density at radius 1 is 1.28 bits per heavy atom. The summed E-state index contributed by atoms with van der Waals surface area (Å²) in [5.41, 5.74) is 10.3. The Hall–Kier alpha value is -3.12. The van der Waals surface area contributed by atoms with Crippen LogP contribution in [0, 0.1) is 6.92 Å². The largest absolute Gasteiger partial charge is 0.459 e. The summed E-state index contributed by atoms with van der Waals surface area (Å²) in [6.07, 6.45) is 5.08. The standard InChI is InChI=1S/C20H17ClN6O2S3/c1-11-16(14(26-27-18(22)30)9-6-12-4-7-13(21)8-5-12)32-20(23-11)25-19(31)24-17(28)15-3-2-10-29-15/h2-10H,1H3,(H3,22,27,30)(H2,23,24,25,28,31)/b9-6+,26-14-. The molecule has 0 bridgehead atoms. The predicted molar refractivity (Wildman–Crippen MR) is 136 cm³/mol. The summed E-state index contributed by atoms with van der Waals surface area (Å²) >= 11 is 17.3. The highest BCUT2D eigenvalue weighted by Crippen LogP contribution is 2.24. The molecule has 1 amide bonds. The molecule has 5 N–H and O–H groups in total. The van der Waals surface area contributed by atoms with Gasteiger partial charge in [-0.3, -0.25) is 15.5 Å². The molecule has 0 spiro atoms. The second kappa shape index (κ2) is 11.0. The highest BCUT2D eigenvalue weighted by atomic mass is 35.5. The van der Waals surface area contributed by atoms with Gasteiger partial charge in [0.1, 0.15) is 5.71 Å². The van der Waals surface area contributed by atoms with Crippen LogP contribution in [0.3, 0.4) is 0 Å². The summed E-state index contributed by atoms with van der Waals surface area (Å²) in [4.78, 5) is 17.3. The number of allylic oxidation sites excluding steroid dienone is 1. The van der Waals surface area contributed by atoms with Crippen LogP contribution in [-0.2, 0) is 0 Å². The number of aromatic nitrogens is 1. The van der Waals surface area contributed by atoms with Crippen molar-refractivity contribution in [2.75, 3.05) is 5.32 Å². The summed E-state index contributed by atoms with van der Waals surface area (Å²) in [6.45, 7) is 1.83. The van der Waals surface area contributed by atoms with E-state index in [4.69, 9.17) is 46.2 Å². The number of anilines is 1. The van der Waals surface area contributed by atoms with Gasteiger partial charge in [-0.05, 0) is 67.3 Å². The third kappa shape index (κ3) is 6.69. The monoisotopic (exact) mass is 504 g/mol. The summed E-state index contributed by atoms with van der Waals surface area (Å²) in [5.74, 6) is -0.314. The molecule has 0 radical (unpaired) electrons. The molecule has 0 saturated carbocycles. The zero-order valence-corrected chi connectivity index (χ0v) is 19.8. The SMILES string of the molecule is Cc1nc(NC(=S)NC(=O)c2ccco2)sc1C(/C=C/c1ccc(Cl)cc1)=N\NC(N)=S. The molecule has 0 aliphatic heterocycles. The van der Waals surface area contributed by atoms with E-state index in [0.717, 1.165) is 10.4 Å². The molecular formula is C20H17ClN6O2S3. The molecule has 0 saturated heterocycles. The summed E-state index contributed by atoms with van der Waals surface area (Å²) in [7, 11) is 0. The normalized spacial score (nSPS) is 11.4. The quantitative estimate of drug-likeness (QED) is 0.225. The van der Waals surface area contributed by atoms with Gasteiger partial charge in [0.05, 0.1) is 16.8 Å². The summed E-state index contributed by atoms with van der Waals surface area (Å²) in [6, 6.07) is 10.5. The van der Waals surface area contributed by atoms with Gasteiger partial charge in [0.2, 0.25) is 0 Å². The lowest BCUT2D eigenvalue weighted by Gasteiger charge is -2.05. The topological polar surface area (TPSA) is 118 Å². The van der Waals surface area contributed by atoms with E-state index in [9.17, 15) is 4.79 Å². The minimum Gasteiger partial charge on any atom is -0.459 e. The number of carbonyl (C=O) groups is 1. The van der Waals surface area contributed by atoms with Crippen molar-refractivity contribution in [3.8, 4) is 0 Å². The molecule has 2 heterocycles. The Morgan fingerprint density at radius 3 is 2.69 bits per heavy atom. The molecule has 0 aliphatic rings. The van der Waals surface area contributed by atoms with E-state index in [1.807, 2.05) is 25.1 Å². The van der Waals surface area contributed by atoms with E-state index in [-0.39, 0.29) is 16.0 Å². The first-order valence-electron chi connectivity index (χ1n) is 9.02.